The smallest absolute Gasteiger partial charge is 0.303 e. The number of fused-ring (bicyclic) bond motifs is 1. The molecule has 1 aromatic carbocycles. The minimum atomic E-state index is -0.476. The minimum Gasteiger partial charge on any atom is -0.458 e. The van der Waals surface area contributed by atoms with Crippen molar-refractivity contribution >= 4 is 11.9 Å². The highest BCUT2D eigenvalue weighted by Gasteiger charge is 2.49. The number of carbonyl (C=O) groups is 2. The molecule has 1 saturated heterocycles. The maximum atomic E-state index is 11.6. The van der Waals surface area contributed by atoms with E-state index >= 15 is 0 Å². The normalized spacial score (nSPS) is 28.4. The second kappa shape index (κ2) is 7.80. The van der Waals surface area contributed by atoms with Gasteiger partial charge in [-0.15, -0.1) is 0 Å². The molecule has 0 bridgehead atoms. The van der Waals surface area contributed by atoms with Gasteiger partial charge in [0.05, 0.1) is 12.6 Å². The van der Waals surface area contributed by atoms with Crippen molar-refractivity contribution in [3.63, 3.8) is 0 Å². The third-order valence-corrected chi connectivity index (χ3v) is 4.45. The third kappa shape index (κ3) is 4.27. The molecule has 0 N–H and O–H groups in total. The molecule has 0 aromatic heterocycles. The number of rotatable bonds is 5. The number of ether oxygens (including phenoxy) is 3. The van der Waals surface area contributed by atoms with Crippen LogP contribution in [0.1, 0.15) is 19.4 Å². The predicted octanol–water partition coefficient (Wildman–Crippen LogP) is 1.69. The van der Waals surface area contributed by atoms with Gasteiger partial charge in [-0.2, -0.15) is 0 Å². The summed E-state index contributed by atoms with van der Waals surface area (Å²) in [5, 5.41) is 0. The lowest BCUT2D eigenvalue weighted by Crippen LogP contribution is -2.50. The summed E-state index contributed by atoms with van der Waals surface area (Å²) in [4.78, 5) is 25.1. The highest BCUT2D eigenvalue weighted by atomic mass is 16.6. The van der Waals surface area contributed by atoms with Crippen LogP contribution in [-0.2, 0) is 30.4 Å². The molecule has 0 spiro atoms. The standard InChI is InChI=1S/C19H23NO5/c1-13(21)24-16-9-6-10-20-11-17(19(18(16)20)25-14(2)22)23-12-15-7-4-3-5-8-15/h3-9,16-19H,10-12H2,1-2H3/t16-,17+,18+,19+/m0/s1. The first-order chi connectivity index (χ1) is 12.0. The summed E-state index contributed by atoms with van der Waals surface area (Å²) >= 11 is 0. The van der Waals surface area contributed by atoms with Crippen LogP contribution in [0.3, 0.4) is 0 Å². The number of hydrogen-bond donors (Lipinski definition) is 0. The van der Waals surface area contributed by atoms with Crippen molar-refractivity contribution in [2.45, 2.75) is 44.8 Å². The highest BCUT2D eigenvalue weighted by molar-refractivity contribution is 5.67. The summed E-state index contributed by atoms with van der Waals surface area (Å²) in [5.74, 6) is -0.719. The Labute approximate surface area is 147 Å². The molecule has 134 valence electrons. The van der Waals surface area contributed by atoms with E-state index in [4.69, 9.17) is 14.2 Å². The molecule has 0 radical (unpaired) electrons. The Balaban J connectivity index is 1.74. The van der Waals surface area contributed by atoms with Crippen LogP contribution in [0.25, 0.3) is 0 Å². The van der Waals surface area contributed by atoms with E-state index < -0.39 is 12.2 Å². The largest absolute Gasteiger partial charge is 0.458 e. The van der Waals surface area contributed by atoms with Crippen LogP contribution in [0, 0.1) is 0 Å². The van der Waals surface area contributed by atoms with Gasteiger partial charge in [-0.25, -0.2) is 0 Å². The first-order valence-electron chi connectivity index (χ1n) is 8.45. The molecule has 3 rings (SSSR count). The monoisotopic (exact) mass is 345 g/mol. The van der Waals surface area contributed by atoms with E-state index in [1.807, 2.05) is 42.5 Å². The fourth-order valence-corrected chi connectivity index (χ4v) is 3.48. The van der Waals surface area contributed by atoms with Gasteiger partial charge in [0.2, 0.25) is 0 Å². The zero-order chi connectivity index (χ0) is 17.8. The summed E-state index contributed by atoms with van der Waals surface area (Å²) in [6, 6.07) is 9.63. The highest BCUT2D eigenvalue weighted by Crippen LogP contribution is 2.31. The van der Waals surface area contributed by atoms with Crippen molar-refractivity contribution in [1.29, 1.82) is 0 Å². The Hall–Kier alpha value is -2.18. The van der Waals surface area contributed by atoms with Crippen molar-refractivity contribution in [1.82, 2.24) is 4.90 Å². The Kier molecular flexibility index (Phi) is 5.50. The maximum Gasteiger partial charge on any atom is 0.303 e. The van der Waals surface area contributed by atoms with Gasteiger partial charge in [-0.05, 0) is 11.6 Å². The summed E-state index contributed by atoms with van der Waals surface area (Å²) in [6.07, 6.45) is 2.64. The van der Waals surface area contributed by atoms with Crippen molar-refractivity contribution in [3.8, 4) is 0 Å². The van der Waals surface area contributed by atoms with Gasteiger partial charge in [0, 0.05) is 26.9 Å². The lowest BCUT2D eigenvalue weighted by atomic mass is 10.0. The van der Waals surface area contributed by atoms with Gasteiger partial charge >= 0.3 is 11.9 Å². The Morgan fingerprint density at radius 1 is 1.12 bits per heavy atom. The zero-order valence-corrected chi connectivity index (χ0v) is 14.5. The number of nitrogens with zero attached hydrogens (tertiary/aromatic N) is 1. The van der Waals surface area contributed by atoms with Gasteiger partial charge in [-0.3, -0.25) is 14.5 Å². The van der Waals surface area contributed by atoms with Crippen LogP contribution in [0.2, 0.25) is 0 Å². The van der Waals surface area contributed by atoms with Crippen molar-refractivity contribution < 1.29 is 23.8 Å². The summed E-state index contributed by atoms with van der Waals surface area (Å²) < 4.78 is 17.0. The van der Waals surface area contributed by atoms with Crippen LogP contribution in [-0.4, -0.2) is 54.3 Å². The Bertz CT molecular complexity index is 644. The van der Waals surface area contributed by atoms with E-state index in [0.717, 1.165) is 5.56 Å². The van der Waals surface area contributed by atoms with Crippen LogP contribution in [0.4, 0.5) is 0 Å². The summed E-state index contributed by atoms with van der Waals surface area (Å²) in [5.41, 5.74) is 1.06. The molecule has 2 heterocycles. The van der Waals surface area contributed by atoms with Crippen molar-refractivity contribution in [3.05, 3.63) is 48.0 Å². The second-order valence-corrected chi connectivity index (χ2v) is 6.36. The molecule has 25 heavy (non-hydrogen) atoms. The van der Waals surface area contributed by atoms with Gasteiger partial charge in [0.1, 0.15) is 18.3 Å². The average Bonchev–Trinajstić information content (AvgIpc) is 2.91. The molecule has 0 saturated carbocycles. The van der Waals surface area contributed by atoms with Crippen molar-refractivity contribution in [2.75, 3.05) is 13.1 Å². The SMILES string of the molecule is CC(=O)O[C@H]1[C@H]2[C@@H](OC(C)=O)C=CCN2C[C@H]1OCc1ccccc1. The fraction of sp³-hybridized carbons (Fsp3) is 0.474. The van der Waals surface area contributed by atoms with Gasteiger partial charge in [0.25, 0.3) is 0 Å². The third-order valence-electron chi connectivity index (χ3n) is 4.45. The molecular formula is C19H23NO5. The van der Waals surface area contributed by atoms with E-state index in [9.17, 15) is 9.59 Å². The summed E-state index contributed by atoms with van der Waals surface area (Å²) in [6.45, 7) is 4.54. The molecule has 1 fully saturated rings. The van der Waals surface area contributed by atoms with Crippen LogP contribution >= 0.6 is 0 Å². The first-order valence-corrected chi connectivity index (χ1v) is 8.45. The van der Waals surface area contributed by atoms with Gasteiger partial charge in [0.15, 0.2) is 0 Å². The van der Waals surface area contributed by atoms with Crippen molar-refractivity contribution in [2.24, 2.45) is 0 Å². The molecule has 0 unspecified atom stereocenters. The number of benzene rings is 1. The van der Waals surface area contributed by atoms with Gasteiger partial charge < -0.3 is 14.2 Å². The minimum absolute atomic E-state index is 0.224. The molecule has 0 amide bonds. The first kappa shape index (κ1) is 17.6. The fourth-order valence-electron chi connectivity index (χ4n) is 3.48. The average molecular weight is 345 g/mol. The zero-order valence-electron chi connectivity index (χ0n) is 14.5. The molecule has 6 heteroatoms. The molecule has 1 aromatic rings. The molecular weight excluding hydrogens is 322 g/mol. The molecule has 6 nitrogen and oxygen atoms in total. The Morgan fingerprint density at radius 3 is 2.52 bits per heavy atom. The number of carbonyl (C=O) groups excluding carboxylic acids is 2. The summed E-state index contributed by atoms with van der Waals surface area (Å²) in [7, 11) is 0. The second-order valence-electron chi connectivity index (χ2n) is 6.36. The van der Waals surface area contributed by atoms with E-state index in [-0.39, 0.29) is 24.1 Å². The molecule has 2 aliphatic rings. The topological polar surface area (TPSA) is 65.1 Å². The van der Waals surface area contributed by atoms with E-state index in [1.165, 1.54) is 13.8 Å². The Morgan fingerprint density at radius 2 is 1.84 bits per heavy atom. The molecule has 4 atom stereocenters. The van der Waals surface area contributed by atoms with Crippen LogP contribution < -0.4 is 0 Å². The molecule has 2 aliphatic heterocycles. The quantitative estimate of drug-likeness (QED) is 0.598. The van der Waals surface area contributed by atoms with Crippen LogP contribution in [0.15, 0.2) is 42.5 Å². The van der Waals surface area contributed by atoms with E-state index in [2.05, 4.69) is 4.90 Å². The van der Waals surface area contributed by atoms with Crippen LogP contribution in [0.5, 0.6) is 0 Å². The number of esters is 2. The van der Waals surface area contributed by atoms with E-state index in [0.29, 0.717) is 19.7 Å². The van der Waals surface area contributed by atoms with Gasteiger partial charge in [-0.1, -0.05) is 36.4 Å². The lowest BCUT2D eigenvalue weighted by Gasteiger charge is -2.34. The predicted molar refractivity (Wildman–Crippen MR) is 90.6 cm³/mol. The molecule has 0 aliphatic carbocycles. The maximum absolute atomic E-state index is 11.6. The lowest BCUT2D eigenvalue weighted by molar-refractivity contribution is -0.160. The number of hydrogen-bond acceptors (Lipinski definition) is 6. The van der Waals surface area contributed by atoms with E-state index in [1.54, 1.807) is 0 Å².